The molecule has 3 rings (SSSR count). The van der Waals surface area contributed by atoms with Crippen LogP contribution in [0.2, 0.25) is 0 Å². The molecule has 2 aliphatic rings. The lowest BCUT2D eigenvalue weighted by Gasteiger charge is -2.26. The van der Waals surface area contributed by atoms with Crippen LogP contribution in [-0.4, -0.2) is 70.3 Å². The lowest BCUT2D eigenvalue weighted by atomic mass is 9.94. The summed E-state index contributed by atoms with van der Waals surface area (Å²) in [6.07, 6.45) is 1.98. The first-order valence-corrected chi connectivity index (χ1v) is 10.8. The minimum atomic E-state index is -3.36. The summed E-state index contributed by atoms with van der Waals surface area (Å²) in [5, 5.41) is 6.11. The van der Waals surface area contributed by atoms with Gasteiger partial charge in [-0.25, -0.2) is 8.42 Å². The monoisotopic (exact) mass is 417 g/mol. The molecular formula is C18H28ClN3O4S. The van der Waals surface area contributed by atoms with Crippen LogP contribution in [0.5, 0.6) is 0 Å². The fraction of sp³-hybridized carbons (Fsp3) is 0.611. The molecule has 2 fully saturated rings. The SMILES string of the molecule is Cl.O=C(NCCS(=O)(=O)N1CCOCC1)c1ccccc1CC1CCNC1. The number of rotatable bonds is 7. The van der Waals surface area contributed by atoms with Crippen LogP contribution in [-0.2, 0) is 21.2 Å². The van der Waals surface area contributed by atoms with Gasteiger partial charge in [-0.05, 0) is 43.5 Å². The van der Waals surface area contributed by atoms with Gasteiger partial charge in [-0.15, -0.1) is 12.4 Å². The van der Waals surface area contributed by atoms with E-state index in [1.54, 1.807) is 0 Å². The first kappa shape index (κ1) is 22.1. The summed E-state index contributed by atoms with van der Waals surface area (Å²) in [6, 6.07) is 7.58. The van der Waals surface area contributed by atoms with E-state index < -0.39 is 10.0 Å². The number of carbonyl (C=O) groups excluding carboxylic acids is 1. The zero-order valence-electron chi connectivity index (χ0n) is 15.4. The fourth-order valence-corrected chi connectivity index (χ4v) is 4.79. The molecule has 27 heavy (non-hydrogen) atoms. The highest BCUT2D eigenvalue weighted by molar-refractivity contribution is 7.89. The van der Waals surface area contributed by atoms with Crippen molar-refractivity contribution in [1.82, 2.24) is 14.9 Å². The van der Waals surface area contributed by atoms with Crippen molar-refractivity contribution < 1.29 is 17.9 Å². The van der Waals surface area contributed by atoms with E-state index >= 15 is 0 Å². The molecular weight excluding hydrogens is 390 g/mol. The van der Waals surface area contributed by atoms with E-state index in [1.807, 2.05) is 24.3 Å². The Morgan fingerprint density at radius 2 is 2.00 bits per heavy atom. The Morgan fingerprint density at radius 3 is 2.70 bits per heavy atom. The molecule has 0 aliphatic carbocycles. The molecule has 0 spiro atoms. The lowest BCUT2D eigenvalue weighted by molar-refractivity contribution is 0.0730. The van der Waals surface area contributed by atoms with E-state index in [0.29, 0.717) is 37.8 Å². The number of morpholine rings is 1. The molecule has 0 radical (unpaired) electrons. The predicted molar refractivity (Wildman–Crippen MR) is 107 cm³/mol. The molecule has 1 amide bonds. The molecule has 0 bridgehead atoms. The smallest absolute Gasteiger partial charge is 0.251 e. The molecule has 1 atom stereocenters. The van der Waals surface area contributed by atoms with E-state index in [1.165, 1.54) is 4.31 Å². The molecule has 1 unspecified atom stereocenters. The van der Waals surface area contributed by atoms with Gasteiger partial charge >= 0.3 is 0 Å². The van der Waals surface area contributed by atoms with E-state index in [0.717, 1.165) is 31.5 Å². The lowest BCUT2D eigenvalue weighted by Crippen LogP contribution is -2.43. The van der Waals surface area contributed by atoms with Gasteiger partial charge in [-0.3, -0.25) is 4.79 Å². The summed E-state index contributed by atoms with van der Waals surface area (Å²) in [5.41, 5.74) is 1.66. The van der Waals surface area contributed by atoms with E-state index in [9.17, 15) is 13.2 Å². The molecule has 152 valence electrons. The number of nitrogens with zero attached hydrogens (tertiary/aromatic N) is 1. The van der Waals surface area contributed by atoms with Gasteiger partial charge in [0.2, 0.25) is 10.0 Å². The first-order valence-electron chi connectivity index (χ1n) is 9.18. The zero-order valence-corrected chi connectivity index (χ0v) is 17.0. The molecule has 0 aromatic heterocycles. The average Bonchev–Trinajstić information content (AvgIpc) is 3.16. The number of benzene rings is 1. The minimum Gasteiger partial charge on any atom is -0.379 e. The molecule has 2 saturated heterocycles. The van der Waals surface area contributed by atoms with E-state index in [2.05, 4.69) is 10.6 Å². The number of sulfonamides is 1. The molecule has 1 aromatic rings. The van der Waals surface area contributed by atoms with Crippen LogP contribution in [0.1, 0.15) is 22.3 Å². The third kappa shape index (κ3) is 6.15. The van der Waals surface area contributed by atoms with Crippen LogP contribution in [0, 0.1) is 5.92 Å². The summed E-state index contributed by atoms with van der Waals surface area (Å²) in [7, 11) is -3.36. The maximum atomic E-state index is 12.5. The number of hydrogen-bond donors (Lipinski definition) is 2. The normalized spacial score (nSPS) is 20.8. The number of hydrogen-bond acceptors (Lipinski definition) is 5. The summed E-state index contributed by atoms with van der Waals surface area (Å²) < 4.78 is 31.2. The second-order valence-electron chi connectivity index (χ2n) is 6.80. The van der Waals surface area contributed by atoms with Crippen molar-refractivity contribution in [3.63, 3.8) is 0 Å². The fourth-order valence-electron chi connectivity index (χ4n) is 3.46. The van der Waals surface area contributed by atoms with Gasteiger partial charge in [0.25, 0.3) is 5.91 Å². The maximum absolute atomic E-state index is 12.5. The predicted octanol–water partition coefficient (Wildman–Crippen LogP) is 0.652. The standard InChI is InChI=1S/C18H27N3O4S.ClH/c22-18(20-7-12-26(23,24)21-8-10-25-11-9-21)17-4-2-1-3-16(17)13-15-5-6-19-14-15;/h1-4,15,19H,5-14H2,(H,20,22);1H. The van der Waals surface area contributed by atoms with Gasteiger partial charge in [0.15, 0.2) is 0 Å². The van der Waals surface area contributed by atoms with Crippen LogP contribution in [0.25, 0.3) is 0 Å². The Hall–Kier alpha value is -1.19. The van der Waals surface area contributed by atoms with Gasteiger partial charge in [-0.2, -0.15) is 4.31 Å². The molecule has 9 heteroatoms. The topological polar surface area (TPSA) is 87.7 Å². The molecule has 7 nitrogen and oxygen atoms in total. The van der Waals surface area contributed by atoms with Crippen molar-refractivity contribution in [2.75, 3.05) is 51.7 Å². The van der Waals surface area contributed by atoms with Crippen molar-refractivity contribution >= 4 is 28.3 Å². The van der Waals surface area contributed by atoms with Gasteiger partial charge in [-0.1, -0.05) is 18.2 Å². The van der Waals surface area contributed by atoms with Gasteiger partial charge < -0.3 is 15.4 Å². The maximum Gasteiger partial charge on any atom is 0.251 e. The van der Waals surface area contributed by atoms with Crippen LogP contribution in [0.3, 0.4) is 0 Å². The molecule has 2 heterocycles. The quantitative estimate of drug-likeness (QED) is 0.680. The molecule has 1 aromatic carbocycles. The third-order valence-corrected chi connectivity index (χ3v) is 6.81. The van der Waals surface area contributed by atoms with Crippen LogP contribution in [0.15, 0.2) is 24.3 Å². The Bertz CT molecular complexity index is 717. The summed E-state index contributed by atoms with van der Waals surface area (Å²) in [6.45, 7) is 3.73. The number of amides is 1. The highest BCUT2D eigenvalue weighted by atomic mass is 35.5. The van der Waals surface area contributed by atoms with Crippen LogP contribution in [0.4, 0.5) is 0 Å². The number of halogens is 1. The second kappa shape index (κ2) is 10.4. The van der Waals surface area contributed by atoms with Crippen molar-refractivity contribution in [3.8, 4) is 0 Å². The molecule has 2 aliphatic heterocycles. The summed E-state index contributed by atoms with van der Waals surface area (Å²) in [5.74, 6) is 0.252. The Labute approximate surface area is 167 Å². The molecule has 2 N–H and O–H groups in total. The average molecular weight is 418 g/mol. The van der Waals surface area contributed by atoms with Gasteiger partial charge in [0.05, 0.1) is 19.0 Å². The first-order chi connectivity index (χ1) is 12.6. The number of carbonyl (C=O) groups is 1. The van der Waals surface area contributed by atoms with Crippen LogP contribution >= 0.6 is 12.4 Å². The number of nitrogens with one attached hydrogen (secondary N) is 2. The highest BCUT2D eigenvalue weighted by Crippen LogP contribution is 2.18. The summed E-state index contributed by atoms with van der Waals surface area (Å²) >= 11 is 0. The van der Waals surface area contributed by atoms with E-state index in [-0.39, 0.29) is 30.6 Å². The van der Waals surface area contributed by atoms with Crippen molar-refractivity contribution in [1.29, 1.82) is 0 Å². The van der Waals surface area contributed by atoms with Crippen LogP contribution < -0.4 is 10.6 Å². The zero-order chi connectivity index (χ0) is 18.4. The Kier molecular flexibility index (Phi) is 8.50. The minimum absolute atomic E-state index is 0. The molecule has 0 saturated carbocycles. The highest BCUT2D eigenvalue weighted by Gasteiger charge is 2.24. The third-order valence-electron chi connectivity index (χ3n) is 4.94. The van der Waals surface area contributed by atoms with Crippen molar-refractivity contribution in [3.05, 3.63) is 35.4 Å². The van der Waals surface area contributed by atoms with Gasteiger partial charge in [0.1, 0.15) is 0 Å². The second-order valence-corrected chi connectivity index (χ2v) is 8.89. The van der Waals surface area contributed by atoms with E-state index in [4.69, 9.17) is 4.74 Å². The Balaban J connectivity index is 0.00000261. The van der Waals surface area contributed by atoms with Gasteiger partial charge in [0, 0.05) is 25.2 Å². The van der Waals surface area contributed by atoms with Crippen molar-refractivity contribution in [2.24, 2.45) is 5.92 Å². The Morgan fingerprint density at radius 1 is 1.26 bits per heavy atom. The van der Waals surface area contributed by atoms with Crippen molar-refractivity contribution in [2.45, 2.75) is 12.8 Å². The largest absolute Gasteiger partial charge is 0.379 e. The summed E-state index contributed by atoms with van der Waals surface area (Å²) in [4.78, 5) is 12.5. The number of ether oxygens (including phenoxy) is 1.